The van der Waals surface area contributed by atoms with E-state index in [1.807, 2.05) is 0 Å². The first-order chi connectivity index (χ1) is 7.16. The molecule has 0 fully saturated rings. The van der Waals surface area contributed by atoms with E-state index >= 15 is 0 Å². The van der Waals surface area contributed by atoms with E-state index in [1.54, 1.807) is 24.4 Å². The number of benzene rings is 1. The molecule has 76 valence electrons. The molecule has 1 aromatic carbocycles. The van der Waals surface area contributed by atoms with Crippen molar-refractivity contribution in [2.24, 2.45) is 0 Å². The first-order valence-electron chi connectivity index (χ1n) is 4.17. The molecular formula is C10H6Cl2N2O. The van der Waals surface area contributed by atoms with Crippen LogP contribution in [-0.4, -0.2) is 9.97 Å². The number of hydrogen-bond donors (Lipinski definition) is 1. The predicted molar refractivity (Wildman–Crippen MR) is 60.3 cm³/mol. The van der Waals surface area contributed by atoms with Crippen LogP contribution < -0.4 is 5.69 Å². The van der Waals surface area contributed by atoms with Crippen LogP contribution in [0.2, 0.25) is 10.0 Å². The van der Waals surface area contributed by atoms with E-state index in [4.69, 9.17) is 23.2 Å². The summed E-state index contributed by atoms with van der Waals surface area (Å²) in [5.41, 5.74) is 1.08. The molecule has 3 nitrogen and oxygen atoms in total. The average Bonchev–Trinajstić information content (AvgIpc) is 2.23. The van der Waals surface area contributed by atoms with E-state index in [1.165, 1.54) is 6.20 Å². The predicted octanol–water partition coefficient (Wildman–Crippen LogP) is 2.74. The lowest BCUT2D eigenvalue weighted by atomic mass is 10.1. The van der Waals surface area contributed by atoms with Gasteiger partial charge in [0.1, 0.15) is 0 Å². The second-order valence-electron chi connectivity index (χ2n) is 2.93. The maximum Gasteiger partial charge on any atom is 0.344 e. The number of hydrogen-bond acceptors (Lipinski definition) is 2. The van der Waals surface area contributed by atoms with Crippen LogP contribution in [0.15, 0.2) is 35.4 Å². The Morgan fingerprint density at radius 3 is 2.73 bits per heavy atom. The van der Waals surface area contributed by atoms with Gasteiger partial charge in [-0.3, -0.25) is 0 Å². The van der Waals surface area contributed by atoms with Crippen LogP contribution in [-0.2, 0) is 0 Å². The Morgan fingerprint density at radius 1 is 1.27 bits per heavy atom. The van der Waals surface area contributed by atoms with Gasteiger partial charge in [0.25, 0.3) is 0 Å². The normalized spacial score (nSPS) is 10.3. The lowest BCUT2D eigenvalue weighted by Crippen LogP contribution is -2.07. The summed E-state index contributed by atoms with van der Waals surface area (Å²) in [5.74, 6) is 0. The monoisotopic (exact) mass is 240 g/mol. The van der Waals surface area contributed by atoms with Crippen molar-refractivity contribution in [1.29, 1.82) is 0 Å². The van der Waals surface area contributed by atoms with Gasteiger partial charge in [-0.05, 0) is 18.2 Å². The lowest BCUT2D eigenvalue weighted by molar-refractivity contribution is 1.08. The van der Waals surface area contributed by atoms with Gasteiger partial charge in [-0.2, -0.15) is 0 Å². The van der Waals surface area contributed by atoms with Gasteiger partial charge < -0.3 is 4.98 Å². The molecule has 0 amide bonds. The zero-order chi connectivity index (χ0) is 10.8. The molecule has 0 radical (unpaired) electrons. The maximum atomic E-state index is 10.8. The molecule has 0 saturated heterocycles. The van der Waals surface area contributed by atoms with Crippen molar-refractivity contribution in [1.82, 2.24) is 9.97 Å². The summed E-state index contributed by atoms with van der Waals surface area (Å²) in [7, 11) is 0. The maximum absolute atomic E-state index is 10.8. The Kier molecular flexibility index (Phi) is 2.75. The molecule has 0 aliphatic rings. The van der Waals surface area contributed by atoms with Crippen molar-refractivity contribution < 1.29 is 0 Å². The molecule has 2 rings (SSSR count). The molecule has 0 aliphatic heterocycles. The Balaban J connectivity index is 2.58. The lowest BCUT2D eigenvalue weighted by Gasteiger charge is -2.03. The van der Waals surface area contributed by atoms with E-state index in [0.717, 1.165) is 11.1 Å². The molecule has 0 spiro atoms. The number of aromatic nitrogens is 2. The van der Waals surface area contributed by atoms with Crippen molar-refractivity contribution in [3.05, 3.63) is 51.1 Å². The molecule has 0 unspecified atom stereocenters. The van der Waals surface area contributed by atoms with Crippen LogP contribution in [0.5, 0.6) is 0 Å². The van der Waals surface area contributed by atoms with Gasteiger partial charge in [0.05, 0.1) is 0 Å². The molecule has 1 heterocycles. The second-order valence-corrected chi connectivity index (χ2v) is 3.78. The molecule has 5 heteroatoms. The first-order valence-corrected chi connectivity index (χ1v) is 4.92. The minimum absolute atomic E-state index is 0.392. The standard InChI is InChI=1S/C10H6Cl2N2O/c11-7-1-2-9(12)8(3-7)6-4-13-10(15)14-5-6/h1-5H,(H,13,14,15). The minimum Gasteiger partial charge on any atom is -0.312 e. The molecule has 1 aromatic heterocycles. The zero-order valence-corrected chi connectivity index (χ0v) is 9.01. The van der Waals surface area contributed by atoms with Gasteiger partial charge in [0.15, 0.2) is 0 Å². The third-order valence-electron chi connectivity index (χ3n) is 1.91. The molecule has 15 heavy (non-hydrogen) atoms. The number of H-pyrrole nitrogens is 1. The van der Waals surface area contributed by atoms with Gasteiger partial charge in [-0.25, -0.2) is 9.78 Å². The Hall–Kier alpha value is -1.32. The molecule has 0 saturated carbocycles. The van der Waals surface area contributed by atoms with Crippen LogP contribution in [0.25, 0.3) is 11.1 Å². The summed E-state index contributed by atoms with van der Waals surface area (Å²) in [6, 6.07) is 5.12. The van der Waals surface area contributed by atoms with Crippen LogP contribution in [0.3, 0.4) is 0 Å². The molecule has 2 aromatic rings. The highest BCUT2D eigenvalue weighted by molar-refractivity contribution is 6.35. The smallest absolute Gasteiger partial charge is 0.312 e. The Bertz CT molecular complexity index is 531. The van der Waals surface area contributed by atoms with E-state index in [2.05, 4.69) is 9.97 Å². The fourth-order valence-corrected chi connectivity index (χ4v) is 1.61. The number of aromatic amines is 1. The highest BCUT2D eigenvalue weighted by Gasteiger charge is 2.04. The third-order valence-corrected chi connectivity index (χ3v) is 2.48. The van der Waals surface area contributed by atoms with E-state index < -0.39 is 5.69 Å². The average molecular weight is 241 g/mol. The first kappa shape index (κ1) is 10.2. The Labute approximate surface area is 95.7 Å². The van der Waals surface area contributed by atoms with Gasteiger partial charge in [0, 0.05) is 33.6 Å². The SMILES string of the molecule is O=c1ncc(-c2cc(Cl)ccc2Cl)c[nH]1. The zero-order valence-electron chi connectivity index (χ0n) is 7.50. The summed E-state index contributed by atoms with van der Waals surface area (Å²) in [6.45, 7) is 0. The van der Waals surface area contributed by atoms with Gasteiger partial charge in [-0.1, -0.05) is 23.2 Å². The number of rotatable bonds is 1. The van der Waals surface area contributed by atoms with E-state index in [-0.39, 0.29) is 0 Å². The molecule has 0 atom stereocenters. The van der Waals surface area contributed by atoms with Gasteiger partial charge >= 0.3 is 5.69 Å². The number of halogens is 2. The second kappa shape index (κ2) is 4.04. The molecule has 1 N–H and O–H groups in total. The van der Waals surface area contributed by atoms with E-state index in [9.17, 15) is 4.79 Å². The van der Waals surface area contributed by atoms with Crippen LogP contribution in [0.1, 0.15) is 0 Å². The van der Waals surface area contributed by atoms with Crippen LogP contribution in [0.4, 0.5) is 0 Å². The highest BCUT2D eigenvalue weighted by Crippen LogP contribution is 2.29. The summed E-state index contributed by atoms with van der Waals surface area (Å²) < 4.78 is 0. The largest absolute Gasteiger partial charge is 0.344 e. The third kappa shape index (κ3) is 2.19. The summed E-state index contributed by atoms with van der Waals surface area (Å²) in [4.78, 5) is 16.9. The van der Waals surface area contributed by atoms with Gasteiger partial charge in [-0.15, -0.1) is 0 Å². The summed E-state index contributed by atoms with van der Waals surface area (Å²) in [6.07, 6.45) is 3.00. The quantitative estimate of drug-likeness (QED) is 0.834. The topological polar surface area (TPSA) is 45.8 Å². The van der Waals surface area contributed by atoms with Crippen molar-refractivity contribution in [2.45, 2.75) is 0 Å². The number of nitrogens with zero attached hydrogens (tertiary/aromatic N) is 1. The van der Waals surface area contributed by atoms with Crippen molar-refractivity contribution in [3.63, 3.8) is 0 Å². The van der Waals surface area contributed by atoms with E-state index in [0.29, 0.717) is 10.0 Å². The molecule has 0 bridgehead atoms. The van der Waals surface area contributed by atoms with Crippen LogP contribution >= 0.6 is 23.2 Å². The summed E-state index contributed by atoms with van der Waals surface area (Å²) >= 11 is 11.8. The molecular weight excluding hydrogens is 235 g/mol. The Morgan fingerprint density at radius 2 is 2.07 bits per heavy atom. The fraction of sp³-hybridized carbons (Fsp3) is 0. The van der Waals surface area contributed by atoms with Crippen molar-refractivity contribution in [2.75, 3.05) is 0 Å². The minimum atomic E-state index is -0.392. The van der Waals surface area contributed by atoms with Crippen molar-refractivity contribution in [3.8, 4) is 11.1 Å². The molecule has 0 aliphatic carbocycles. The van der Waals surface area contributed by atoms with Gasteiger partial charge in [0.2, 0.25) is 0 Å². The fourth-order valence-electron chi connectivity index (χ4n) is 1.21. The summed E-state index contributed by atoms with van der Waals surface area (Å²) in [5, 5.41) is 1.15. The van der Waals surface area contributed by atoms with Crippen LogP contribution in [0, 0.1) is 0 Å². The highest BCUT2D eigenvalue weighted by atomic mass is 35.5. The van der Waals surface area contributed by atoms with Crippen molar-refractivity contribution >= 4 is 23.2 Å². The number of nitrogens with one attached hydrogen (secondary N) is 1.